The number of hydrogen-bond donors (Lipinski definition) is 1. The second-order valence-electron chi connectivity index (χ2n) is 7.11. The molecule has 1 aromatic carbocycles. The van der Waals surface area contributed by atoms with Gasteiger partial charge in [-0.2, -0.15) is 5.10 Å². The number of rotatable bonds is 1. The minimum Gasteiger partial charge on any atom is -0.281 e. The fourth-order valence-corrected chi connectivity index (χ4v) is 2.26. The molecule has 0 saturated carbocycles. The molecule has 0 saturated heterocycles. The van der Waals surface area contributed by atoms with E-state index in [2.05, 4.69) is 69.9 Å². The van der Waals surface area contributed by atoms with Crippen LogP contribution < -0.4 is 0 Å². The van der Waals surface area contributed by atoms with Gasteiger partial charge >= 0.3 is 0 Å². The molecule has 0 amide bonds. The van der Waals surface area contributed by atoms with Crippen LogP contribution in [0.15, 0.2) is 24.3 Å². The molecule has 0 bridgehead atoms. The van der Waals surface area contributed by atoms with Crippen molar-refractivity contribution in [1.82, 2.24) is 10.2 Å². The van der Waals surface area contributed by atoms with Gasteiger partial charge in [0.1, 0.15) is 0 Å². The number of H-pyrrole nitrogens is 1. The van der Waals surface area contributed by atoms with E-state index < -0.39 is 0 Å². The number of aromatic nitrogens is 2. The van der Waals surface area contributed by atoms with Gasteiger partial charge in [0.25, 0.3) is 0 Å². The van der Waals surface area contributed by atoms with E-state index in [4.69, 9.17) is 0 Å². The van der Waals surface area contributed by atoms with Crippen LogP contribution in [-0.4, -0.2) is 10.2 Å². The van der Waals surface area contributed by atoms with E-state index in [-0.39, 0.29) is 10.8 Å². The molecule has 1 N–H and O–H groups in total. The zero-order valence-electron chi connectivity index (χ0n) is 12.8. The Kier molecular flexibility index (Phi) is 3.29. The van der Waals surface area contributed by atoms with E-state index in [9.17, 15) is 0 Å². The summed E-state index contributed by atoms with van der Waals surface area (Å²) in [4.78, 5) is 0. The second kappa shape index (κ2) is 4.52. The molecule has 0 atom stereocenters. The normalized spacial score (nSPS) is 12.7. The molecule has 2 heteroatoms. The maximum Gasteiger partial charge on any atom is 0.0756 e. The van der Waals surface area contributed by atoms with Gasteiger partial charge < -0.3 is 0 Å². The summed E-state index contributed by atoms with van der Waals surface area (Å²) < 4.78 is 0. The van der Waals surface area contributed by atoms with E-state index >= 15 is 0 Å². The summed E-state index contributed by atoms with van der Waals surface area (Å²) in [6.45, 7) is 13.2. The van der Waals surface area contributed by atoms with Crippen molar-refractivity contribution in [2.45, 2.75) is 52.4 Å². The lowest BCUT2D eigenvalue weighted by molar-refractivity contribution is 0.563. The molecular weight excluding hydrogens is 232 g/mol. The smallest absolute Gasteiger partial charge is 0.0756 e. The predicted octanol–water partition coefficient (Wildman–Crippen LogP) is 4.47. The highest BCUT2D eigenvalue weighted by Gasteiger charge is 2.29. The van der Waals surface area contributed by atoms with Crippen molar-refractivity contribution in [3.05, 3.63) is 41.7 Å². The Balaban J connectivity index is 2.71. The third-order valence-corrected chi connectivity index (χ3v) is 3.23. The Labute approximate surface area is 116 Å². The molecule has 0 aliphatic carbocycles. The SMILES string of the molecule is CC(C)(C)c1n[nH]c(C(C)(C)C)c1-c1cc[c]cc1. The number of nitrogens with one attached hydrogen (secondary N) is 1. The van der Waals surface area contributed by atoms with Gasteiger partial charge in [0, 0.05) is 22.1 Å². The molecule has 101 valence electrons. The molecule has 2 aromatic rings. The van der Waals surface area contributed by atoms with Crippen LogP contribution in [0.1, 0.15) is 52.9 Å². The largest absolute Gasteiger partial charge is 0.281 e. The fourth-order valence-electron chi connectivity index (χ4n) is 2.26. The van der Waals surface area contributed by atoms with Crippen LogP contribution in [0.3, 0.4) is 0 Å². The molecule has 0 unspecified atom stereocenters. The monoisotopic (exact) mass is 255 g/mol. The van der Waals surface area contributed by atoms with Gasteiger partial charge in [-0.1, -0.05) is 65.8 Å². The zero-order valence-corrected chi connectivity index (χ0v) is 12.8. The maximum atomic E-state index is 4.60. The first-order chi connectivity index (χ1) is 8.71. The molecule has 1 radical (unpaired) electrons. The third kappa shape index (κ3) is 2.73. The average Bonchev–Trinajstić information content (AvgIpc) is 2.73. The summed E-state index contributed by atoms with van der Waals surface area (Å²) in [7, 11) is 0. The van der Waals surface area contributed by atoms with Crippen LogP contribution in [0.25, 0.3) is 11.1 Å². The molecule has 19 heavy (non-hydrogen) atoms. The van der Waals surface area contributed by atoms with Crippen molar-refractivity contribution in [3.63, 3.8) is 0 Å². The molecule has 0 spiro atoms. The number of hydrogen-bond acceptors (Lipinski definition) is 1. The third-order valence-electron chi connectivity index (χ3n) is 3.23. The van der Waals surface area contributed by atoms with Crippen molar-refractivity contribution in [3.8, 4) is 11.1 Å². The Morgan fingerprint density at radius 1 is 0.947 bits per heavy atom. The van der Waals surface area contributed by atoms with E-state index in [0.29, 0.717) is 0 Å². The van der Waals surface area contributed by atoms with Gasteiger partial charge in [0.05, 0.1) is 5.69 Å². The average molecular weight is 255 g/mol. The van der Waals surface area contributed by atoms with Crippen molar-refractivity contribution in [2.75, 3.05) is 0 Å². The summed E-state index contributed by atoms with van der Waals surface area (Å²) in [6, 6.07) is 11.2. The molecule has 0 aliphatic rings. The van der Waals surface area contributed by atoms with Crippen LogP contribution in [0.4, 0.5) is 0 Å². The van der Waals surface area contributed by atoms with Gasteiger partial charge in [-0.25, -0.2) is 0 Å². The number of nitrogens with zero attached hydrogens (tertiary/aromatic N) is 1. The van der Waals surface area contributed by atoms with Gasteiger partial charge in [-0.3, -0.25) is 5.10 Å². The van der Waals surface area contributed by atoms with Crippen LogP contribution >= 0.6 is 0 Å². The maximum absolute atomic E-state index is 4.60. The Hall–Kier alpha value is -1.57. The molecule has 2 nitrogen and oxygen atoms in total. The van der Waals surface area contributed by atoms with Gasteiger partial charge in [0.2, 0.25) is 0 Å². The fraction of sp³-hybridized carbons (Fsp3) is 0.471. The van der Waals surface area contributed by atoms with Crippen molar-refractivity contribution < 1.29 is 0 Å². The minimum atomic E-state index is 0.0227. The standard InChI is InChI=1S/C17H23N2/c1-16(2,3)14-13(12-10-8-7-9-11-12)15(19-18-14)17(4,5)6/h8-11H,1-6H3,(H,18,19). The Morgan fingerprint density at radius 3 is 2.00 bits per heavy atom. The summed E-state index contributed by atoms with van der Waals surface area (Å²) in [5.74, 6) is 0. The molecule has 1 heterocycles. The first kappa shape index (κ1) is 13.9. The van der Waals surface area contributed by atoms with E-state index in [1.165, 1.54) is 16.8 Å². The number of aromatic amines is 1. The van der Waals surface area contributed by atoms with Crippen LogP contribution in [-0.2, 0) is 10.8 Å². The molecular formula is C17H23N2. The van der Waals surface area contributed by atoms with Gasteiger partial charge in [-0.15, -0.1) is 0 Å². The summed E-state index contributed by atoms with van der Waals surface area (Å²) >= 11 is 0. The molecule has 0 aliphatic heterocycles. The minimum absolute atomic E-state index is 0.0227. The highest BCUT2D eigenvalue weighted by molar-refractivity contribution is 5.70. The van der Waals surface area contributed by atoms with Gasteiger partial charge in [0.15, 0.2) is 0 Å². The molecule has 0 fully saturated rings. The first-order valence-electron chi connectivity index (χ1n) is 6.77. The van der Waals surface area contributed by atoms with Crippen LogP contribution in [0, 0.1) is 6.07 Å². The summed E-state index contributed by atoms with van der Waals surface area (Å²) in [6.07, 6.45) is 0. The van der Waals surface area contributed by atoms with Crippen LogP contribution in [0.2, 0.25) is 0 Å². The Bertz CT molecular complexity index is 520. The first-order valence-corrected chi connectivity index (χ1v) is 6.77. The Morgan fingerprint density at radius 2 is 1.53 bits per heavy atom. The lowest BCUT2D eigenvalue weighted by atomic mass is 9.81. The predicted molar refractivity (Wildman–Crippen MR) is 80.3 cm³/mol. The highest BCUT2D eigenvalue weighted by Crippen LogP contribution is 2.38. The van der Waals surface area contributed by atoms with E-state index in [1.807, 2.05) is 12.1 Å². The lowest BCUT2D eigenvalue weighted by Gasteiger charge is -2.22. The van der Waals surface area contributed by atoms with Gasteiger partial charge in [-0.05, 0) is 11.6 Å². The second-order valence-corrected chi connectivity index (χ2v) is 7.11. The highest BCUT2D eigenvalue weighted by atomic mass is 15.1. The van der Waals surface area contributed by atoms with E-state index in [1.54, 1.807) is 0 Å². The summed E-state index contributed by atoms with van der Waals surface area (Å²) in [5, 5.41) is 7.85. The quantitative estimate of drug-likeness (QED) is 0.800. The summed E-state index contributed by atoms with van der Waals surface area (Å²) in [5.41, 5.74) is 4.85. The lowest BCUT2D eigenvalue weighted by Crippen LogP contribution is -2.16. The molecule has 1 aromatic heterocycles. The number of benzene rings is 1. The van der Waals surface area contributed by atoms with Crippen LogP contribution in [0.5, 0.6) is 0 Å². The van der Waals surface area contributed by atoms with Crippen molar-refractivity contribution >= 4 is 0 Å². The van der Waals surface area contributed by atoms with Crippen molar-refractivity contribution in [2.24, 2.45) is 0 Å². The topological polar surface area (TPSA) is 28.7 Å². The van der Waals surface area contributed by atoms with E-state index in [0.717, 1.165) is 5.69 Å². The van der Waals surface area contributed by atoms with Crippen molar-refractivity contribution in [1.29, 1.82) is 0 Å². The zero-order chi connectivity index (χ0) is 14.3. The molecule has 2 rings (SSSR count).